The smallest absolute Gasteiger partial charge is 0.00193 e. The summed E-state index contributed by atoms with van der Waals surface area (Å²) in [6, 6.07) is 9.45. The van der Waals surface area contributed by atoms with Gasteiger partial charge in [0, 0.05) is 11.5 Å². The van der Waals surface area contributed by atoms with Gasteiger partial charge in [-0.2, -0.15) is 19.0 Å². The zero-order chi connectivity index (χ0) is 12.5. The number of halogens is 1. The van der Waals surface area contributed by atoms with E-state index >= 15 is 0 Å². The molecule has 2 rings (SSSR count). The van der Waals surface area contributed by atoms with Crippen molar-refractivity contribution in [1.29, 1.82) is 0 Å². The molecular formula is C14H21IS2. The first-order chi connectivity index (χ1) is 7.92. The molecule has 0 spiro atoms. The molecule has 3 heteroatoms. The first-order valence-corrected chi connectivity index (χ1v) is 11.8. The Kier molecular flexibility index (Phi) is 4.41. The maximum atomic E-state index is 2.76. The fourth-order valence-electron chi connectivity index (χ4n) is 2.02. The molecule has 1 fully saturated rings. The SMILES string of the molecule is CC(C)(C)c1ccc(S2(I)CCSCC2)cc1. The van der Waals surface area contributed by atoms with Gasteiger partial charge in [-0.3, -0.25) is 0 Å². The van der Waals surface area contributed by atoms with E-state index in [9.17, 15) is 0 Å². The van der Waals surface area contributed by atoms with Gasteiger partial charge >= 0.3 is 0 Å². The van der Waals surface area contributed by atoms with Crippen molar-refractivity contribution in [2.45, 2.75) is 31.1 Å². The molecule has 0 unspecified atom stereocenters. The molecule has 1 aromatic carbocycles. The molecule has 0 radical (unpaired) electrons. The maximum absolute atomic E-state index is 2.76. The summed E-state index contributed by atoms with van der Waals surface area (Å²) < 4.78 is 0. The van der Waals surface area contributed by atoms with E-state index in [-0.39, 0.29) is 5.41 Å². The predicted molar refractivity (Wildman–Crippen MR) is 92.1 cm³/mol. The van der Waals surface area contributed by atoms with Crippen LogP contribution in [0.25, 0.3) is 0 Å². The normalized spacial score (nSPS) is 22.1. The Bertz CT molecular complexity index is 372. The van der Waals surface area contributed by atoms with Gasteiger partial charge in [0.05, 0.1) is 0 Å². The number of benzene rings is 1. The average Bonchev–Trinajstić information content (AvgIpc) is 2.29. The number of hydrogen-bond donors (Lipinski definition) is 0. The van der Waals surface area contributed by atoms with Gasteiger partial charge in [0.2, 0.25) is 0 Å². The summed E-state index contributed by atoms with van der Waals surface area (Å²) in [7, 11) is -0.532. The van der Waals surface area contributed by atoms with Gasteiger partial charge in [-0.15, -0.1) is 0 Å². The van der Waals surface area contributed by atoms with Crippen LogP contribution in [0.1, 0.15) is 26.3 Å². The summed E-state index contributed by atoms with van der Waals surface area (Å²) in [5, 5.41) is 0. The van der Waals surface area contributed by atoms with Crippen molar-refractivity contribution < 1.29 is 0 Å². The summed E-state index contributed by atoms with van der Waals surface area (Å²) in [6.45, 7) is 6.85. The average molecular weight is 380 g/mol. The third-order valence-electron chi connectivity index (χ3n) is 3.25. The summed E-state index contributed by atoms with van der Waals surface area (Å²) >= 11 is 4.87. The fraction of sp³-hybridized carbons (Fsp3) is 0.571. The molecule has 0 aromatic heterocycles. The minimum Gasteiger partial charge on any atom is -0.160 e. The van der Waals surface area contributed by atoms with E-state index < -0.39 is 7.20 Å². The first-order valence-electron chi connectivity index (χ1n) is 6.08. The summed E-state index contributed by atoms with van der Waals surface area (Å²) in [6.07, 6.45) is 0. The molecule has 0 bridgehead atoms. The highest BCUT2D eigenvalue weighted by atomic mass is 127. The molecule has 17 heavy (non-hydrogen) atoms. The molecule has 0 nitrogen and oxygen atoms in total. The van der Waals surface area contributed by atoms with Crippen molar-refractivity contribution >= 4 is 40.2 Å². The van der Waals surface area contributed by atoms with Gasteiger partial charge in [0.25, 0.3) is 0 Å². The Morgan fingerprint density at radius 3 is 2.06 bits per heavy atom. The van der Waals surface area contributed by atoms with E-state index in [1.807, 2.05) is 0 Å². The number of rotatable bonds is 1. The minimum atomic E-state index is -0.532. The zero-order valence-corrected chi connectivity index (χ0v) is 14.6. The van der Waals surface area contributed by atoms with Crippen LogP contribution in [-0.4, -0.2) is 23.0 Å². The largest absolute Gasteiger partial charge is 0.160 e. The van der Waals surface area contributed by atoms with Gasteiger partial charge in [-0.05, 0) is 60.7 Å². The Balaban J connectivity index is 2.23. The molecule has 0 saturated carbocycles. The Morgan fingerprint density at radius 2 is 1.59 bits per heavy atom. The number of hydrogen-bond acceptors (Lipinski definition) is 1. The van der Waals surface area contributed by atoms with Crippen LogP contribution in [0.3, 0.4) is 0 Å². The van der Waals surface area contributed by atoms with Crippen molar-refractivity contribution in [3.63, 3.8) is 0 Å². The molecular weight excluding hydrogens is 359 g/mol. The quantitative estimate of drug-likeness (QED) is 0.600. The van der Waals surface area contributed by atoms with Crippen LogP contribution in [0.4, 0.5) is 0 Å². The molecule has 1 saturated heterocycles. The standard InChI is InChI=1S/C14H21IS2/c1-14(2,3)12-4-6-13(7-5-12)17(15)10-8-16-9-11-17/h4-7H,8-11H2,1-3H3. The lowest BCUT2D eigenvalue weighted by molar-refractivity contribution is 0.589. The van der Waals surface area contributed by atoms with Crippen LogP contribution in [0.5, 0.6) is 0 Å². The summed E-state index contributed by atoms with van der Waals surface area (Å²) in [5.74, 6) is 5.48. The maximum Gasteiger partial charge on any atom is 0.00193 e. The lowest BCUT2D eigenvalue weighted by Crippen LogP contribution is -2.14. The topological polar surface area (TPSA) is 0 Å². The minimum absolute atomic E-state index is 0.273. The Labute approximate surface area is 123 Å². The monoisotopic (exact) mass is 380 g/mol. The van der Waals surface area contributed by atoms with Crippen molar-refractivity contribution in [3.05, 3.63) is 29.8 Å². The van der Waals surface area contributed by atoms with Crippen molar-refractivity contribution in [2.75, 3.05) is 23.0 Å². The van der Waals surface area contributed by atoms with E-state index in [0.29, 0.717) is 0 Å². The van der Waals surface area contributed by atoms with Gasteiger partial charge in [0.15, 0.2) is 0 Å². The van der Waals surface area contributed by atoms with E-state index in [1.165, 1.54) is 28.6 Å². The molecule has 1 aromatic rings. The molecule has 1 aliphatic heterocycles. The van der Waals surface area contributed by atoms with Gasteiger partial charge in [-0.25, -0.2) is 0 Å². The second kappa shape index (κ2) is 5.33. The second-order valence-electron chi connectivity index (χ2n) is 5.58. The lowest BCUT2D eigenvalue weighted by Gasteiger charge is -2.37. The van der Waals surface area contributed by atoms with E-state index in [4.69, 9.17) is 0 Å². The van der Waals surface area contributed by atoms with Crippen LogP contribution < -0.4 is 0 Å². The van der Waals surface area contributed by atoms with Crippen LogP contribution in [0.2, 0.25) is 0 Å². The van der Waals surface area contributed by atoms with Crippen LogP contribution in [0.15, 0.2) is 29.2 Å². The summed E-state index contributed by atoms with van der Waals surface area (Å²) in [4.78, 5) is 1.60. The lowest BCUT2D eigenvalue weighted by atomic mass is 9.87. The molecule has 0 atom stereocenters. The fourth-order valence-corrected chi connectivity index (χ4v) is 10.7. The second-order valence-corrected chi connectivity index (χ2v) is 14.7. The van der Waals surface area contributed by atoms with E-state index in [1.54, 1.807) is 4.90 Å². The highest BCUT2D eigenvalue weighted by Crippen LogP contribution is 2.65. The molecule has 96 valence electrons. The molecule has 1 heterocycles. The van der Waals surface area contributed by atoms with Crippen LogP contribution >= 0.6 is 40.2 Å². The highest BCUT2D eigenvalue weighted by molar-refractivity contribution is 14.2. The molecule has 0 amide bonds. The summed E-state index contributed by atoms with van der Waals surface area (Å²) in [5.41, 5.74) is 1.72. The van der Waals surface area contributed by atoms with Gasteiger partial charge < -0.3 is 0 Å². The molecule has 0 N–H and O–H groups in total. The van der Waals surface area contributed by atoms with Crippen LogP contribution in [0, 0.1) is 0 Å². The van der Waals surface area contributed by atoms with Gasteiger partial charge in [-0.1, -0.05) is 32.9 Å². The van der Waals surface area contributed by atoms with Gasteiger partial charge in [0.1, 0.15) is 0 Å². The van der Waals surface area contributed by atoms with Crippen LogP contribution in [-0.2, 0) is 5.41 Å². The third kappa shape index (κ3) is 3.35. The first kappa shape index (κ1) is 14.1. The Hall–Kier alpha value is 0.650. The zero-order valence-electron chi connectivity index (χ0n) is 10.8. The molecule has 0 aliphatic carbocycles. The molecule has 1 aliphatic rings. The van der Waals surface area contributed by atoms with Crippen molar-refractivity contribution in [3.8, 4) is 0 Å². The predicted octanol–water partition coefficient (Wildman–Crippen LogP) is 5.24. The van der Waals surface area contributed by atoms with Crippen molar-refractivity contribution in [1.82, 2.24) is 0 Å². The van der Waals surface area contributed by atoms with E-state index in [0.717, 1.165) is 0 Å². The third-order valence-corrected chi connectivity index (χ3v) is 11.7. The van der Waals surface area contributed by atoms with E-state index in [2.05, 4.69) is 78.0 Å². The van der Waals surface area contributed by atoms with Crippen molar-refractivity contribution in [2.24, 2.45) is 0 Å². The number of thioether (sulfide) groups is 1. The Morgan fingerprint density at radius 1 is 1.06 bits per heavy atom. The highest BCUT2D eigenvalue weighted by Gasteiger charge is 2.26.